The molecule has 0 unspecified atom stereocenters. The van der Waals surface area contributed by atoms with Crippen LogP contribution in [0.25, 0.3) is 11.3 Å². The summed E-state index contributed by atoms with van der Waals surface area (Å²) in [4.78, 5) is 40.7. The number of nitrogens with zero attached hydrogens (tertiary/aromatic N) is 4. The second kappa shape index (κ2) is 12.4. The monoisotopic (exact) mass is 576 g/mol. The van der Waals surface area contributed by atoms with Crippen LogP contribution in [-0.2, 0) is 9.53 Å². The fourth-order valence-electron chi connectivity index (χ4n) is 4.31. The lowest BCUT2D eigenvalue weighted by Crippen LogP contribution is -2.38. The summed E-state index contributed by atoms with van der Waals surface area (Å²) in [7, 11) is 0. The van der Waals surface area contributed by atoms with Crippen LogP contribution in [0.15, 0.2) is 60.0 Å². The Morgan fingerprint density at radius 1 is 1.05 bits per heavy atom. The van der Waals surface area contributed by atoms with Crippen LogP contribution in [0, 0.1) is 6.92 Å². The molecule has 4 aromatic rings. The van der Waals surface area contributed by atoms with E-state index in [0.29, 0.717) is 52.6 Å². The number of aromatic nitrogens is 3. The lowest BCUT2D eigenvalue weighted by molar-refractivity contribution is -0.149. The highest BCUT2D eigenvalue weighted by Gasteiger charge is 2.24. The normalized spacial score (nSPS) is 13.6. The average Bonchev–Trinajstić information content (AvgIpc) is 3.38. The van der Waals surface area contributed by atoms with E-state index in [9.17, 15) is 9.59 Å². The zero-order valence-electron chi connectivity index (χ0n) is 22.2. The van der Waals surface area contributed by atoms with Gasteiger partial charge in [0.05, 0.1) is 11.4 Å². The number of thiazole rings is 1. The lowest BCUT2D eigenvalue weighted by Gasteiger charge is -2.32. The van der Waals surface area contributed by atoms with Gasteiger partial charge in [0.25, 0.3) is 5.91 Å². The number of amides is 1. The summed E-state index contributed by atoms with van der Waals surface area (Å²) in [5, 5.41) is 9.39. The topological polar surface area (TPSA) is 109 Å². The van der Waals surface area contributed by atoms with Crippen molar-refractivity contribution in [2.24, 2.45) is 0 Å². The van der Waals surface area contributed by atoms with E-state index in [1.54, 1.807) is 43.3 Å². The smallest absolute Gasteiger partial charge is 0.305 e. The van der Waals surface area contributed by atoms with Gasteiger partial charge in [-0.25, -0.2) is 9.97 Å². The number of halogens is 1. The third-order valence-electron chi connectivity index (χ3n) is 6.45. The Hall–Kier alpha value is -4.02. The Bertz CT molecular complexity index is 1480. The molecule has 5 rings (SSSR count). The van der Waals surface area contributed by atoms with Crippen molar-refractivity contribution in [1.29, 1.82) is 0 Å². The van der Waals surface area contributed by atoms with Crippen LogP contribution in [0.4, 0.5) is 22.6 Å². The molecule has 0 saturated carbocycles. The predicted octanol–water partition coefficient (Wildman–Crippen LogP) is 6.48. The molecular weight excluding hydrogens is 548 g/mol. The maximum Gasteiger partial charge on any atom is 0.305 e. The van der Waals surface area contributed by atoms with Crippen LogP contribution in [-0.4, -0.2) is 46.0 Å². The summed E-state index contributed by atoms with van der Waals surface area (Å²) < 4.78 is 5.54. The van der Waals surface area contributed by atoms with E-state index in [0.717, 1.165) is 29.9 Å². The highest BCUT2D eigenvalue weighted by molar-refractivity contribution is 7.13. The first-order chi connectivity index (χ1) is 19.4. The van der Waals surface area contributed by atoms with E-state index in [1.807, 2.05) is 30.5 Å². The Morgan fingerprint density at radius 3 is 2.42 bits per heavy atom. The van der Waals surface area contributed by atoms with E-state index in [4.69, 9.17) is 26.3 Å². The van der Waals surface area contributed by atoms with Gasteiger partial charge in [0.1, 0.15) is 11.9 Å². The van der Waals surface area contributed by atoms with Crippen molar-refractivity contribution in [3.8, 4) is 11.3 Å². The van der Waals surface area contributed by atoms with Crippen LogP contribution in [0.5, 0.6) is 0 Å². The first kappa shape index (κ1) is 27.5. The second-order valence-corrected chi connectivity index (χ2v) is 10.7. The van der Waals surface area contributed by atoms with Crippen molar-refractivity contribution < 1.29 is 14.3 Å². The molecule has 0 radical (unpaired) electrons. The summed E-state index contributed by atoms with van der Waals surface area (Å²) in [5.74, 6) is 0.820. The molecule has 40 heavy (non-hydrogen) atoms. The van der Waals surface area contributed by atoms with E-state index in [-0.39, 0.29) is 18.0 Å². The molecule has 11 heteroatoms. The van der Waals surface area contributed by atoms with Crippen LogP contribution in [0.1, 0.15) is 42.2 Å². The summed E-state index contributed by atoms with van der Waals surface area (Å²) in [6.07, 6.45) is 1.77. The lowest BCUT2D eigenvalue weighted by atomic mass is 10.1. The van der Waals surface area contributed by atoms with Gasteiger partial charge in [0, 0.05) is 65.6 Å². The number of piperidine rings is 1. The van der Waals surface area contributed by atoms with Crippen molar-refractivity contribution in [2.75, 3.05) is 28.6 Å². The summed E-state index contributed by atoms with van der Waals surface area (Å²) >= 11 is 7.42. The quantitative estimate of drug-likeness (QED) is 0.229. The number of benzene rings is 2. The van der Waals surface area contributed by atoms with E-state index >= 15 is 0 Å². The fraction of sp³-hybridized carbons (Fsp3) is 0.276. The molecule has 0 aliphatic carbocycles. The summed E-state index contributed by atoms with van der Waals surface area (Å²) in [5.41, 5.74) is 3.66. The van der Waals surface area contributed by atoms with Gasteiger partial charge in [-0.1, -0.05) is 30.7 Å². The van der Waals surface area contributed by atoms with Crippen molar-refractivity contribution >= 4 is 57.4 Å². The summed E-state index contributed by atoms with van der Waals surface area (Å²) in [6.45, 7) is 5.15. The van der Waals surface area contributed by atoms with Gasteiger partial charge in [0.15, 0.2) is 5.13 Å². The van der Waals surface area contributed by atoms with E-state index < -0.39 is 0 Å². The molecule has 2 N–H and O–H groups in total. The Morgan fingerprint density at radius 2 is 1.77 bits per heavy atom. The number of anilines is 4. The maximum atomic E-state index is 12.8. The van der Waals surface area contributed by atoms with Crippen molar-refractivity contribution in [3.63, 3.8) is 0 Å². The number of hydrogen-bond acceptors (Lipinski definition) is 9. The molecule has 206 valence electrons. The van der Waals surface area contributed by atoms with E-state index in [1.165, 1.54) is 11.3 Å². The van der Waals surface area contributed by atoms with Crippen LogP contribution in [0.2, 0.25) is 5.02 Å². The highest BCUT2D eigenvalue weighted by atomic mass is 35.5. The third kappa shape index (κ3) is 6.94. The number of ether oxygens (including phenoxy) is 1. The molecule has 0 spiro atoms. The summed E-state index contributed by atoms with van der Waals surface area (Å²) in [6, 6.07) is 16.2. The van der Waals surface area contributed by atoms with Crippen molar-refractivity contribution in [3.05, 3.63) is 76.3 Å². The van der Waals surface area contributed by atoms with Crippen LogP contribution >= 0.6 is 22.9 Å². The minimum Gasteiger partial charge on any atom is -0.462 e. The molecule has 0 bridgehead atoms. The van der Waals surface area contributed by atoms with Crippen LogP contribution in [0.3, 0.4) is 0 Å². The molecule has 1 amide bonds. The Kier molecular flexibility index (Phi) is 8.57. The van der Waals surface area contributed by atoms with Gasteiger partial charge >= 0.3 is 5.97 Å². The second-order valence-electron chi connectivity index (χ2n) is 9.42. The molecule has 2 aromatic carbocycles. The predicted molar refractivity (Wildman–Crippen MR) is 159 cm³/mol. The molecule has 1 saturated heterocycles. The first-order valence-corrected chi connectivity index (χ1v) is 14.3. The maximum absolute atomic E-state index is 12.8. The van der Waals surface area contributed by atoms with Crippen molar-refractivity contribution in [1.82, 2.24) is 15.0 Å². The van der Waals surface area contributed by atoms with Gasteiger partial charge < -0.3 is 15.0 Å². The average molecular weight is 577 g/mol. The standard InChI is InChI=1S/C29H29ClN6O3S/c1-3-26(37)39-23-12-14-36(15-13-23)25-16-24(33-28(34-25)35-29-31-18(2)17-40-29)19-4-6-20(7-5-19)27(38)32-22-10-8-21(30)9-11-22/h4-11,16-17,23H,3,12-15H2,1-2H3,(H,32,38)(H,31,33,34,35). The molecule has 1 aliphatic rings. The number of carbonyl (C=O) groups is 2. The zero-order chi connectivity index (χ0) is 28.1. The first-order valence-electron chi connectivity index (χ1n) is 13.1. The molecule has 3 heterocycles. The molecule has 2 aromatic heterocycles. The zero-order valence-corrected chi connectivity index (χ0v) is 23.8. The van der Waals surface area contributed by atoms with Gasteiger partial charge in [-0.2, -0.15) is 4.98 Å². The SMILES string of the molecule is CCC(=O)OC1CCN(c2cc(-c3ccc(C(=O)Nc4ccc(Cl)cc4)cc3)nc(Nc3nc(C)cs3)n2)CC1. The molecular formula is C29H29ClN6O3S. The minimum atomic E-state index is -0.217. The highest BCUT2D eigenvalue weighted by Crippen LogP contribution is 2.28. The third-order valence-corrected chi connectivity index (χ3v) is 7.58. The number of nitrogens with one attached hydrogen (secondary N) is 2. The van der Waals surface area contributed by atoms with Gasteiger partial charge in [-0.15, -0.1) is 11.3 Å². The molecule has 1 fully saturated rings. The van der Waals surface area contributed by atoms with Gasteiger partial charge in [0.2, 0.25) is 5.95 Å². The largest absolute Gasteiger partial charge is 0.462 e. The fourth-order valence-corrected chi connectivity index (χ4v) is 5.12. The number of hydrogen-bond donors (Lipinski definition) is 2. The number of rotatable bonds is 8. The van der Waals surface area contributed by atoms with E-state index in [2.05, 4.69) is 20.5 Å². The Balaban J connectivity index is 1.36. The van der Waals surface area contributed by atoms with Gasteiger partial charge in [-0.05, 0) is 43.3 Å². The molecule has 0 atom stereocenters. The number of aryl methyl sites for hydroxylation is 1. The van der Waals surface area contributed by atoms with Crippen LogP contribution < -0.4 is 15.5 Å². The molecule has 9 nitrogen and oxygen atoms in total. The van der Waals surface area contributed by atoms with Crippen molar-refractivity contribution in [2.45, 2.75) is 39.2 Å². The van der Waals surface area contributed by atoms with Gasteiger partial charge in [-0.3, -0.25) is 14.9 Å². The minimum absolute atomic E-state index is 0.0764. The number of esters is 1. The Labute approximate surface area is 241 Å². The number of carbonyl (C=O) groups excluding carboxylic acids is 2. The molecule has 1 aliphatic heterocycles.